The summed E-state index contributed by atoms with van der Waals surface area (Å²) in [4.78, 5) is 29.7. The molecule has 2 aromatic rings. The Balaban J connectivity index is 1.42. The predicted molar refractivity (Wildman–Crippen MR) is 97.4 cm³/mol. The summed E-state index contributed by atoms with van der Waals surface area (Å²) in [6.45, 7) is 3.14. The molecule has 1 aromatic heterocycles. The third-order valence-electron chi connectivity index (χ3n) is 4.71. The van der Waals surface area contributed by atoms with E-state index in [1.54, 1.807) is 11.1 Å². The van der Waals surface area contributed by atoms with Crippen molar-refractivity contribution in [2.24, 2.45) is 11.0 Å². The summed E-state index contributed by atoms with van der Waals surface area (Å²) in [6.07, 6.45) is 3.99. The van der Waals surface area contributed by atoms with Crippen molar-refractivity contribution in [3.63, 3.8) is 0 Å². The van der Waals surface area contributed by atoms with Crippen molar-refractivity contribution in [3.8, 4) is 0 Å². The van der Waals surface area contributed by atoms with Crippen LogP contribution in [0.25, 0.3) is 0 Å². The molecule has 3 heterocycles. The molecule has 2 N–H and O–H groups in total. The van der Waals surface area contributed by atoms with E-state index in [2.05, 4.69) is 20.8 Å². The highest BCUT2D eigenvalue weighted by molar-refractivity contribution is 6.06. The van der Waals surface area contributed by atoms with E-state index in [1.807, 2.05) is 43.5 Å². The molecule has 1 aromatic carbocycles. The Kier molecular flexibility index (Phi) is 4.12. The van der Waals surface area contributed by atoms with Crippen molar-refractivity contribution in [1.82, 2.24) is 15.3 Å². The van der Waals surface area contributed by atoms with E-state index in [-0.39, 0.29) is 17.9 Å². The zero-order chi connectivity index (χ0) is 18.1. The molecule has 4 rings (SSSR count). The number of urea groups is 1. The molecule has 26 heavy (non-hydrogen) atoms. The molecule has 7 heteroatoms. The largest absolute Gasteiger partial charge is 0.322 e. The topological polar surface area (TPSA) is 86.7 Å². The van der Waals surface area contributed by atoms with E-state index in [1.165, 1.54) is 0 Å². The summed E-state index contributed by atoms with van der Waals surface area (Å²) < 4.78 is 0. The van der Waals surface area contributed by atoms with Gasteiger partial charge in [0.25, 0.3) is 0 Å². The molecule has 1 atom stereocenters. The average molecular weight is 349 g/mol. The normalized spacial score (nSPS) is 18.8. The molecule has 0 radical (unpaired) electrons. The molecule has 132 valence electrons. The minimum Gasteiger partial charge on any atom is -0.316 e. The molecular weight excluding hydrogens is 330 g/mol. The van der Waals surface area contributed by atoms with Crippen molar-refractivity contribution < 1.29 is 9.59 Å². The molecule has 7 nitrogen and oxygen atoms in total. The Bertz CT molecular complexity index is 866. The number of benzene rings is 1. The van der Waals surface area contributed by atoms with Gasteiger partial charge in [0.2, 0.25) is 5.91 Å². The van der Waals surface area contributed by atoms with Gasteiger partial charge in [-0.15, -0.1) is 0 Å². The highest BCUT2D eigenvalue weighted by Gasteiger charge is 2.24. The number of hydrogen-bond acceptors (Lipinski definition) is 4. The Morgan fingerprint density at radius 1 is 1.19 bits per heavy atom. The molecule has 2 aliphatic heterocycles. The van der Waals surface area contributed by atoms with Gasteiger partial charge >= 0.3 is 6.03 Å². The Hall–Kier alpha value is -3.22. The number of anilines is 1. The summed E-state index contributed by atoms with van der Waals surface area (Å²) >= 11 is 0. The average Bonchev–Trinajstić information content (AvgIpc) is 3.07. The molecular formula is C19H19N5O2. The number of hydrazone groups is 1. The van der Waals surface area contributed by atoms with Gasteiger partial charge in [0.15, 0.2) is 0 Å². The molecule has 0 spiro atoms. The molecule has 0 saturated heterocycles. The molecule has 1 unspecified atom stereocenters. The highest BCUT2D eigenvalue weighted by atomic mass is 16.2. The van der Waals surface area contributed by atoms with Crippen molar-refractivity contribution in [2.75, 3.05) is 5.32 Å². The monoisotopic (exact) mass is 349 g/mol. The Morgan fingerprint density at radius 2 is 1.96 bits per heavy atom. The number of nitrogens with zero attached hydrogens (tertiary/aromatic N) is 3. The number of aromatic nitrogens is 1. The van der Waals surface area contributed by atoms with E-state index < -0.39 is 0 Å². The third-order valence-corrected chi connectivity index (χ3v) is 4.71. The van der Waals surface area contributed by atoms with Crippen LogP contribution in [-0.2, 0) is 17.9 Å². The first kappa shape index (κ1) is 16.3. The maximum absolute atomic E-state index is 12.5. The Labute approximate surface area is 151 Å². The number of amides is 3. The lowest BCUT2D eigenvalue weighted by molar-refractivity contribution is -0.121. The number of carbonyl (C=O) groups is 2. The summed E-state index contributed by atoms with van der Waals surface area (Å²) in [5, 5.41) is 7.08. The lowest BCUT2D eigenvalue weighted by atomic mass is 9.94. The second-order valence-electron chi connectivity index (χ2n) is 6.65. The van der Waals surface area contributed by atoms with Gasteiger partial charge in [0.05, 0.1) is 5.71 Å². The van der Waals surface area contributed by atoms with E-state index in [9.17, 15) is 9.59 Å². The van der Waals surface area contributed by atoms with Gasteiger partial charge in [-0.2, -0.15) is 5.10 Å². The summed E-state index contributed by atoms with van der Waals surface area (Å²) in [6, 6.07) is 9.33. The third kappa shape index (κ3) is 3.15. The van der Waals surface area contributed by atoms with Crippen molar-refractivity contribution in [2.45, 2.75) is 26.4 Å². The molecule has 0 saturated carbocycles. The first-order chi connectivity index (χ1) is 12.6. The smallest absolute Gasteiger partial charge is 0.316 e. The summed E-state index contributed by atoms with van der Waals surface area (Å²) in [5.74, 6) is 0.00727. The highest BCUT2D eigenvalue weighted by Crippen LogP contribution is 2.23. The minimum absolute atomic E-state index is 0.0630. The van der Waals surface area contributed by atoms with E-state index >= 15 is 0 Å². The van der Waals surface area contributed by atoms with Gasteiger partial charge < -0.3 is 10.2 Å². The fourth-order valence-electron chi connectivity index (χ4n) is 3.29. The van der Waals surface area contributed by atoms with Crippen LogP contribution in [0, 0.1) is 5.92 Å². The molecule has 0 bridgehead atoms. The van der Waals surface area contributed by atoms with Crippen LogP contribution < -0.4 is 10.7 Å². The second kappa shape index (κ2) is 6.59. The predicted octanol–water partition coefficient (Wildman–Crippen LogP) is 2.49. The SMILES string of the molecule is CC1CC(=O)NN=C1c1ccc(NC(=O)N2Cc3ccncc3C2)cc1. The fourth-order valence-corrected chi connectivity index (χ4v) is 3.29. The number of pyridine rings is 1. The van der Waals surface area contributed by atoms with Crippen LogP contribution in [0.15, 0.2) is 47.8 Å². The quantitative estimate of drug-likeness (QED) is 0.873. The lowest BCUT2D eigenvalue weighted by Gasteiger charge is -2.20. The maximum atomic E-state index is 12.5. The zero-order valence-electron chi connectivity index (χ0n) is 14.4. The van der Waals surface area contributed by atoms with Gasteiger partial charge in [-0.3, -0.25) is 9.78 Å². The molecule has 2 aliphatic rings. The van der Waals surface area contributed by atoms with Gasteiger partial charge in [0.1, 0.15) is 0 Å². The number of nitrogens with one attached hydrogen (secondary N) is 2. The number of rotatable bonds is 2. The van der Waals surface area contributed by atoms with Gasteiger partial charge in [-0.25, -0.2) is 10.2 Å². The van der Waals surface area contributed by atoms with Crippen molar-refractivity contribution in [1.29, 1.82) is 0 Å². The molecule has 3 amide bonds. The van der Waals surface area contributed by atoms with Crippen LogP contribution in [0.5, 0.6) is 0 Å². The summed E-state index contributed by atoms with van der Waals surface area (Å²) in [7, 11) is 0. The number of hydrogen-bond donors (Lipinski definition) is 2. The van der Waals surface area contributed by atoms with Crippen molar-refractivity contribution in [3.05, 3.63) is 59.4 Å². The van der Waals surface area contributed by atoms with E-state index in [4.69, 9.17) is 0 Å². The minimum atomic E-state index is -0.135. The van der Waals surface area contributed by atoms with Gasteiger partial charge in [-0.05, 0) is 34.9 Å². The Morgan fingerprint density at radius 3 is 2.69 bits per heavy atom. The lowest BCUT2D eigenvalue weighted by Crippen LogP contribution is -2.32. The second-order valence-corrected chi connectivity index (χ2v) is 6.65. The van der Waals surface area contributed by atoms with Crippen molar-refractivity contribution >= 4 is 23.3 Å². The van der Waals surface area contributed by atoms with E-state index in [0.29, 0.717) is 19.5 Å². The first-order valence-corrected chi connectivity index (χ1v) is 8.54. The van der Waals surface area contributed by atoms with Crippen LogP contribution >= 0.6 is 0 Å². The van der Waals surface area contributed by atoms with Crippen LogP contribution in [0.3, 0.4) is 0 Å². The summed E-state index contributed by atoms with van der Waals surface area (Å²) in [5.41, 5.74) is 7.26. The van der Waals surface area contributed by atoms with Crippen LogP contribution in [0.4, 0.5) is 10.5 Å². The van der Waals surface area contributed by atoms with Gasteiger partial charge in [0, 0.05) is 43.5 Å². The van der Waals surface area contributed by atoms with Crippen LogP contribution in [0.2, 0.25) is 0 Å². The number of fused-ring (bicyclic) bond motifs is 1. The maximum Gasteiger partial charge on any atom is 0.322 e. The fraction of sp³-hybridized carbons (Fsp3) is 0.263. The first-order valence-electron chi connectivity index (χ1n) is 8.54. The molecule has 0 aliphatic carbocycles. The zero-order valence-corrected chi connectivity index (χ0v) is 14.4. The van der Waals surface area contributed by atoms with Gasteiger partial charge in [-0.1, -0.05) is 19.1 Å². The standard InChI is InChI=1S/C19H19N5O2/c1-12-8-17(25)22-23-18(12)13-2-4-16(5-3-13)21-19(26)24-10-14-6-7-20-9-15(14)11-24/h2-7,9,12H,8,10-11H2,1H3,(H,21,26)(H,22,25). The number of carbonyl (C=O) groups excluding carboxylic acids is 2. The van der Waals surface area contributed by atoms with E-state index in [0.717, 1.165) is 28.1 Å². The van der Waals surface area contributed by atoms with Crippen LogP contribution in [0.1, 0.15) is 30.0 Å². The molecule has 0 fully saturated rings. The van der Waals surface area contributed by atoms with Crippen LogP contribution in [-0.4, -0.2) is 27.5 Å².